The number of rotatable bonds is 2. The normalized spacial score (nSPS) is 29.1. The second kappa shape index (κ2) is 6.55. The summed E-state index contributed by atoms with van der Waals surface area (Å²) in [5.41, 5.74) is 5.75. The topological polar surface area (TPSA) is 46.4 Å². The van der Waals surface area contributed by atoms with Crippen LogP contribution in [0.1, 0.15) is 47.4 Å². The van der Waals surface area contributed by atoms with E-state index in [1.54, 1.807) is 12.1 Å². The maximum absolute atomic E-state index is 11.2. The van der Waals surface area contributed by atoms with E-state index in [9.17, 15) is 10.1 Å². The molecule has 4 nitrogen and oxygen atoms in total. The first kappa shape index (κ1) is 18.2. The monoisotopic (exact) mass is 420 g/mol. The third-order valence-corrected chi connectivity index (χ3v) is 8.19. The maximum atomic E-state index is 11.2. The molecule has 2 heterocycles. The summed E-state index contributed by atoms with van der Waals surface area (Å²) in [5.74, 6) is 1.92. The highest BCUT2D eigenvalue weighted by Crippen LogP contribution is 2.60. The summed E-state index contributed by atoms with van der Waals surface area (Å²) >= 11 is 0. The predicted molar refractivity (Wildman–Crippen MR) is 127 cm³/mol. The molecule has 0 aromatic heterocycles. The van der Waals surface area contributed by atoms with Crippen LogP contribution >= 0.6 is 0 Å². The second-order valence-corrected chi connectivity index (χ2v) is 9.70. The smallest absolute Gasteiger partial charge is 0.269 e. The lowest BCUT2D eigenvalue weighted by molar-refractivity contribution is -0.384. The van der Waals surface area contributed by atoms with E-state index in [-0.39, 0.29) is 16.7 Å². The highest BCUT2D eigenvalue weighted by Gasteiger charge is 2.48. The number of nitro benzene ring substituents is 1. The van der Waals surface area contributed by atoms with Crippen LogP contribution in [0.2, 0.25) is 0 Å². The zero-order chi connectivity index (χ0) is 21.4. The Kier molecular flexibility index (Phi) is 3.73. The molecular weight excluding hydrogens is 396 g/mol. The van der Waals surface area contributed by atoms with Crippen molar-refractivity contribution >= 4 is 22.1 Å². The molecule has 0 amide bonds. The number of hydrogen-bond donors (Lipinski definition) is 0. The quantitative estimate of drug-likeness (QED) is 0.265. The Balaban J connectivity index is 1.49. The first-order valence-electron chi connectivity index (χ1n) is 11.6. The third-order valence-electron chi connectivity index (χ3n) is 8.19. The van der Waals surface area contributed by atoms with Gasteiger partial charge in [0, 0.05) is 36.2 Å². The molecule has 2 aliphatic heterocycles. The lowest BCUT2D eigenvalue weighted by Crippen LogP contribution is -2.46. The number of fused-ring (bicyclic) bond motifs is 6. The zero-order valence-corrected chi connectivity index (χ0v) is 17.7. The van der Waals surface area contributed by atoms with Crippen LogP contribution in [0, 0.1) is 22.0 Å². The van der Waals surface area contributed by atoms with Crippen LogP contribution in [-0.4, -0.2) is 11.5 Å². The molecule has 2 aliphatic carbocycles. The number of hydrogen-bond acceptors (Lipinski definition) is 3. The van der Waals surface area contributed by atoms with Gasteiger partial charge in [0.2, 0.25) is 0 Å². The molecule has 0 fully saturated rings. The standard InChI is InChI=1S/C28H24N2O2/c31-30(32)20-13-11-17(12-14-20)27-24-10-4-9-23(24)26-22-7-2-1-5-18(22)15-25-21-8-3-6-19(21)16-29(27)28(25)26/h1-5,7-9,11-15,19,21,23-24,27H,6,10,16H2/t19-,21+,23+,24+,27+/m1/s1. The summed E-state index contributed by atoms with van der Waals surface area (Å²) in [7, 11) is 0. The van der Waals surface area contributed by atoms with Gasteiger partial charge in [0.1, 0.15) is 0 Å². The largest absolute Gasteiger partial charge is 0.363 e. The molecule has 0 saturated heterocycles. The minimum atomic E-state index is -0.306. The van der Waals surface area contributed by atoms with E-state index in [1.165, 1.54) is 33.2 Å². The van der Waals surface area contributed by atoms with Crippen molar-refractivity contribution in [3.63, 3.8) is 0 Å². The van der Waals surface area contributed by atoms with Crippen molar-refractivity contribution in [3.8, 4) is 0 Å². The number of non-ortho nitro benzene ring substituents is 1. The number of nitrogens with zero attached hydrogens (tertiary/aromatic N) is 2. The third kappa shape index (κ3) is 2.38. The van der Waals surface area contributed by atoms with Crippen LogP contribution < -0.4 is 4.90 Å². The minimum Gasteiger partial charge on any atom is -0.363 e. The fourth-order valence-corrected chi connectivity index (χ4v) is 6.90. The van der Waals surface area contributed by atoms with Crippen LogP contribution in [0.5, 0.6) is 0 Å². The Morgan fingerprint density at radius 3 is 2.56 bits per heavy atom. The minimum absolute atomic E-state index is 0.163. The molecule has 0 saturated carbocycles. The Labute approximate surface area is 187 Å². The van der Waals surface area contributed by atoms with Gasteiger partial charge >= 0.3 is 0 Å². The van der Waals surface area contributed by atoms with E-state index in [2.05, 4.69) is 59.5 Å². The van der Waals surface area contributed by atoms with E-state index < -0.39 is 0 Å². The van der Waals surface area contributed by atoms with Crippen molar-refractivity contribution in [2.75, 3.05) is 11.4 Å². The Bertz CT molecular complexity index is 1320. The van der Waals surface area contributed by atoms with E-state index in [1.807, 2.05) is 12.1 Å². The summed E-state index contributed by atoms with van der Waals surface area (Å²) in [4.78, 5) is 13.6. The maximum Gasteiger partial charge on any atom is 0.269 e. The molecule has 3 aromatic rings. The van der Waals surface area contributed by atoms with E-state index in [0.717, 1.165) is 19.4 Å². The number of anilines is 1. The highest BCUT2D eigenvalue weighted by atomic mass is 16.6. The van der Waals surface area contributed by atoms with Gasteiger partial charge in [-0.15, -0.1) is 0 Å². The fourth-order valence-electron chi connectivity index (χ4n) is 6.90. The predicted octanol–water partition coefficient (Wildman–Crippen LogP) is 6.64. The summed E-state index contributed by atoms with van der Waals surface area (Å²) in [6, 6.07) is 18.8. The van der Waals surface area contributed by atoms with Crippen molar-refractivity contribution in [1.29, 1.82) is 0 Å². The van der Waals surface area contributed by atoms with Crippen molar-refractivity contribution in [1.82, 2.24) is 0 Å². The van der Waals surface area contributed by atoms with Gasteiger partial charge in [-0.25, -0.2) is 0 Å². The zero-order valence-electron chi connectivity index (χ0n) is 17.7. The van der Waals surface area contributed by atoms with Crippen molar-refractivity contribution < 1.29 is 4.92 Å². The van der Waals surface area contributed by atoms with Crippen molar-refractivity contribution in [2.45, 2.75) is 30.7 Å². The molecule has 5 atom stereocenters. The molecular formula is C28H24N2O2. The number of allylic oxidation sites excluding steroid dienone is 4. The highest BCUT2D eigenvalue weighted by molar-refractivity contribution is 5.94. The molecule has 3 aromatic carbocycles. The summed E-state index contributed by atoms with van der Waals surface area (Å²) < 4.78 is 0. The molecule has 158 valence electrons. The average Bonchev–Trinajstić information content (AvgIpc) is 3.49. The molecule has 32 heavy (non-hydrogen) atoms. The summed E-state index contributed by atoms with van der Waals surface area (Å²) in [5, 5.41) is 14.0. The van der Waals surface area contributed by atoms with Crippen molar-refractivity contribution in [3.05, 3.63) is 106 Å². The summed E-state index contributed by atoms with van der Waals surface area (Å²) in [6.07, 6.45) is 11.7. The number of nitro groups is 1. The van der Waals surface area contributed by atoms with E-state index in [4.69, 9.17) is 0 Å². The molecule has 0 unspecified atom stereocenters. The molecule has 0 bridgehead atoms. The van der Waals surface area contributed by atoms with Crippen LogP contribution in [0.15, 0.2) is 78.9 Å². The van der Waals surface area contributed by atoms with Crippen LogP contribution in [-0.2, 0) is 0 Å². The van der Waals surface area contributed by atoms with Gasteiger partial charge in [0.05, 0.1) is 11.0 Å². The van der Waals surface area contributed by atoms with Gasteiger partial charge in [0.15, 0.2) is 0 Å². The molecule has 4 heteroatoms. The van der Waals surface area contributed by atoms with Gasteiger partial charge in [-0.3, -0.25) is 10.1 Å². The Morgan fingerprint density at radius 1 is 0.938 bits per heavy atom. The van der Waals surface area contributed by atoms with E-state index >= 15 is 0 Å². The molecule has 7 rings (SSSR count). The van der Waals surface area contributed by atoms with Gasteiger partial charge in [-0.1, -0.05) is 60.7 Å². The SMILES string of the molecule is O=[N+]([O-])c1ccc([C@H]2[C@H]3CC=C[C@@H]3c3c4c(cc5ccccc35)[C@H]3C=CC[C@@H]3CN42)cc1. The average molecular weight is 421 g/mol. The van der Waals surface area contributed by atoms with Gasteiger partial charge in [0.25, 0.3) is 5.69 Å². The second-order valence-electron chi connectivity index (χ2n) is 9.70. The van der Waals surface area contributed by atoms with Crippen molar-refractivity contribution in [2.24, 2.45) is 11.8 Å². The lowest BCUT2D eigenvalue weighted by Gasteiger charge is -2.51. The summed E-state index contributed by atoms with van der Waals surface area (Å²) in [6.45, 7) is 1.04. The molecule has 0 radical (unpaired) electrons. The van der Waals surface area contributed by atoms with Crippen LogP contribution in [0.3, 0.4) is 0 Å². The molecule has 4 aliphatic rings. The first-order valence-corrected chi connectivity index (χ1v) is 11.6. The van der Waals surface area contributed by atoms with Crippen LogP contribution in [0.25, 0.3) is 10.8 Å². The van der Waals surface area contributed by atoms with Crippen LogP contribution in [0.4, 0.5) is 11.4 Å². The fraction of sp³-hybridized carbons (Fsp3) is 0.286. The Morgan fingerprint density at radius 2 is 1.72 bits per heavy atom. The first-order chi connectivity index (χ1) is 15.7. The molecule has 0 N–H and O–H groups in total. The lowest BCUT2D eigenvalue weighted by atomic mass is 9.69. The van der Waals surface area contributed by atoms with Gasteiger partial charge in [-0.2, -0.15) is 0 Å². The van der Waals surface area contributed by atoms with E-state index in [0.29, 0.717) is 23.7 Å². The number of benzene rings is 3. The van der Waals surface area contributed by atoms with Gasteiger partial charge in [-0.05, 0) is 58.2 Å². The Hall–Kier alpha value is -3.40. The molecule has 0 spiro atoms. The van der Waals surface area contributed by atoms with Gasteiger partial charge < -0.3 is 4.90 Å².